The number of amides is 1. The maximum Gasteiger partial charge on any atom is 0.407 e. The second kappa shape index (κ2) is 9.66. The molecule has 2 rings (SSSR count). The maximum absolute atomic E-state index is 12.0. The Morgan fingerprint density at radius 2 is 2.11 bits per heavy atom. The molecule has 0 aliphatic carbocycles. The van der Waals surface area contributed by atoms with Crippen molar-refractivity contribution in [3.05, 3.63) is 29.8 Å². The van der Waals surface area contributed by atoms with Crippen molar-refractivity contribution in [2.45, 2.75) is 52.3 Å². The molecule has 1 aromatic rings. The number of anilines is 1. The van der Waals surface area contributed by atoms with Gasteiger partial charge in [-0.1, -0.05) is 12.1 Å². The van der Waals surface area contributed by atoms with Gasteiger partial charge in [0.05, 0.1) is 12.6 Å². The number of aliphatic imine (C=N–C) groups is 1. The lowest BCUT2D eigenvalue weighted by molar-refractivity contribution is 0.0507. The minimum absolute atomic E-state index is 0.0655. The summed E-state index contributed by atoms with van der Waals surface area (Å²) in [5, 5.41) is 6.33. The smallest absolute Gasteiger partial charge is 0.407 e. The number of nitrogens with one attached hydrogen (secondary N) is 2. The van der Waals surface area contributed by atoms with Crippen molar-refractivity contribution >= 4 is 17.7 Å². The fourth-order valence-electron chi connectivity index (χ4n) is 3.07. The molecule has 0 saturated carbocycles. The minimum atomic E-state index is -0.486. The highest BCUT2D eigenvalue weighted by atomic mass is 16.6. The van der Waals surface area contributed by atoms with Crippen LogP contribution in [0.3, 0.4) is 0 Å². The van der Waals surface area contributed by atoms with Crippen LogP contribution in [0.5, 0.6) is 0 Å². The van der Waals surface area contributed by atoms with Crippen LogP contribution in [0.25, 0.3) is 0 Å². The topological polar surface area (TPSA) is 69.2 Å². The first kappa shape index (κ1) is 21.9. The summed E-state index contributed by atoms with van der Waals surface area (Å²) >= 11 is 0. The minimum Gasteiger partial charge on any atom is -0.444 e. The lowest BCUT2D eigenvalue weighted by Crippen LogP contribution is -2.44. The van der Waals surface area contributed by atoms with Gasteiger partial charge in [0.1, 0.15) is 5.60 Å². The summed E-state index contributed by atoms with van der Waals surface area (Å²) in [4.78, 5) is 21.1. The zero-order valence-electron chi connectivity index (χ0n) is 18.1. The number of rotatable bonds is 5. The van der Waals surface area contributed by atoms with Gasteiger partial charge in [0.25, 0.3) is 0 Å². The van der Waals surface area contributed by atoms with Crippen LogP contribution in [-0.2, 0) is 11.3 Å². The molecule has 1 atom stereocenters. The Labute approximate surface area is 169 Å². The lowest BCUT2D eigenvalue weighted by atomic mass is 10.2. The van der Waals surface area contributed by atoms with Crippen molar-refractivity contribution in [2.24, 2.45) is 4.99 Å². The van der Waals surface area contributed by atoms with Gasteiger partial charge in [0.2, 0.25) is 0 Å². The van der Waals surface area contributed by atoms with Gasteiger partial charge in [-0.25, -0.2) is 9.79 Å². The molecule has 1 unspecified atom stereocenters. The summed E-state index contributed by atoms with van der Waals surface area (Å²) in [6.07, 6.45) is 0.515. The zero-order chi connectivity index (χ0) is 20.7. The summed E-state index contributed by atoms with van der Waals surface area (Å²) in [7, 11) is 4.07. The SMILES string of the molecule is CCNC(=NCc1cccc(N(C)C)c1)N1CCC(NC(=O)OC(C)(C)C)C1. The fourth-order valence-corrected chi connectivity index (χ4v) is 3.07. The summed E-state index contributed by atoms with van der Waals surface area (Å²) in [5.74, 6) is 0.881. The Hall–Kier alpha value is -2.44. The molecule has 1 amide bonds. The number of nitrogens with zero attached hydrogens (tertiary/aromatic N) is 3. The monoisotopic (exact) mass is 389 g/mol. The number of carbonyl (C=O) groups excluding carboxylic acids is 1. The average Bonchev–Trinajstić information content (AvgIpc) is 3.05. The van der Waals surface area contributed by atoms with E-state index in [4.69, 9.17) is 9.73 Å². The molecule has 0 radical (unpaired) electrons. The van der Waals surface area contributed by atoms with Gasteiger partial charge in [0.15, 0.2) is 5.96 Å². The molecular weight excluding hydrogens is 354 g/mol. The van der Waals surface area contributed by atoms with Gasteiger partial charge in [-0.15, -0.1) is 0 Å². The highest BCUT2D eigenvalue weighted by Crippen LogP contribution is 2.15. The molecule has 2 N–H and O–H groups in total. The van der Waals surface area contributed by atoms with Gasteiger partial charge < -0.3 is 25.2 Å². The van der Waals surface area contributed by atoms with E-state index in [1.165, 1.54) is 11.3 Å². The summed E-state index contributed by atoms with van der Waals surface area (Å²) in [5.41, 5.74) is 1.85. The predicted octanol–water partition coefficient (Wildman–Crippen LogP) is 2.82. The third-order valence-corrected chi connectivity index (χ3v) is 4.38. The molecule has 1 aromatic carbocycles. The first-order chi connectivity index (χ1) is 13.2. The predicted molar refractivity (Wildman–Crippen MR) is 115 cm³/mol. The van der Waals surface area contributed by atoms with Crippen LogP contribution in [0, 0.1) is 0 Å². The van der Waals surface area contributed by atoms with E-state index in [0.717, 1.165) is 32.0 Å². The van der Waals surface area contributed by atoms with E-state index in [0.29, 0.717) is 6.54 Å². The number of benzene rings is 1. The second-order valence-corrected chi connectivity index (χ2v) is 8.31. The number of carbonyl (C=O) groups is 1. The molecule has 1 aliphatic heterocycles. The number of likely N-dealkylation sites (tertiary alicyclic amines) is 1. The van der Waals surface area contributed by atoms with Crippen molar-refractivity contribution in [1.29, 1.82) is 0 Å². The highest BCUT2D eigenvalue weighted by molar-refractivity contribution is 5.80. The van der Waals surface area contributed by atoms with E-state index in [2.05, 4.69) is 51.6 Å². The van der Waals surface area contributed by atoms with E-state index >= 15 is 0 Å². The van der Waals surface area contributed by atoms with Crippen molar-refractivity contribution in [2.75, 3.05) is 38.6 Å². The molecule has 0 aromatic heterocycles. The number of hydrogen-bond donors (Lipinski definition) is 2. The number of ether oxygens (including phenoxy) is 1. The van der Waals surface area contributed by atoms with E-state index in [1.807, 2.05) is 34.9 Å². The Morgan fingerprint density at radius 1 is 1.36 bits per heavy atom. The van der Waals surface area contributed by atoms with Gasteiger partial charge in [0, 0.05) is 39.4 Å². The molecule has 1 saturated heterocycles. The molecule has 1 fully saturated rings. The Bertz CT molecular complexity index is 682. The molecule has 0 spiro atoms. The Kier molecular flexibility index (Phi) is 7.54. The third-order valence-electron chi connectivity index (χ3n) is 4.38. The highest BCUT2D eigenvalue weighted by Gasteiger charge is 2.27. The molecule has 7 nitrogen and oxygen atoms in total. The second-order valence-electron chi connectivity index (χ2n) is 8.31. The number of guanidine groups is 1. The number of alkyl carbamates (subject to hydrolysis) is 1. The van der Waals surface area contributed by atoms with Crippen LogP contribution in [-0.4, -0.2) is 62.3 Å². The van der Waals surface area contributed by atoms with Gasteiger partial charge >= 0.3 is 6.09 Å². The van der Waals surface area contributed by atoms with E-state index in [9.17, 15) is 4.79 Å². The molecule has 1 heterocycles. The summed E-state index contributed by atoms with van der Waals surface area (Å²) < 4.78 is 5.36. The molecule has 7 heteroatoms. The van der Waals surface area contributed by atoms with Crippen LogP contribution in [0.4, 0.5) is 10.5 Å². The van der Waals surface area contributed by atoms with Crippen molar-refractivity contribution < 1.29 is 9.53 Å². The van der Waals surface area contributed by atoms with E-state index < -0.39 is 5.60 Å². The first-order valence-corrected chi connectivity index (χ1v) is 9.97. The number of hydrogen-bond acceptors (Lipinski definition) is 4. The van der Waals surface area contributed by atoms with Gasteiger partial charge in [-0.2, -0.15) is 0 Å². The van der Waals surface area contributed by atoms with E-state index in [-0.39, 0.29) is 12.1 Å². The van der Waals surface area contributed by atoms with Crippen molar-refractivity contribution in [1.82, 2.24) is 15.5 Å². The molecule has 28 heavy (non-hydrogen) atoms. The third kappa shape index (κ3) is 6.94. The lowest BCUT2D eigenvalue weighted by Gasteiger charge is -2.23. The maximum atomic E-state index is 12.0. The zero-order valence-corrected chi connectivity index (χ0v) is 18.1. The van der Waals surface area contributed by atoms with Crippen LogP contribution >= 0.6 is 0 Å². The Morgan fingerprint density at radius 3 is 2.75 bits per heavy atom. The molecular formula is C21H35N5O2. The largest absolute Gasteiger partial charge is 0.444 e. The average molecular weight is 390 g/mol. The van der Waals surface area contributed by atoms with Gasteiger partial charge in [-0.3, -0.25) is 0 Å². The first-order valence-electron chi connectivity index (χ1n) is 9.97. The summed E-state index contributed by atoms with van der Waals surface area (Å²) in [6, 6.07) is 8.46. The van der Waals surface area contributed by atoms with Crippen LogP contribution in [0.15, 0.2) is 29.3 Å². The fraction of sp³-hybridized carbons (Fsp3) is 0.619. The van der Waals surface area contributed by atoms with Gasteiger partial charge in [-0.05, 0) is 51.8 Å². The van der Waals surface area contributed by atoms with Crippen molar-refractivity contribution in [3.63, 3.8) is 0 Å². The molecule has 1 aliphatic rings. The quantitative estimate of drug-likeness (QED) is 0.599. The van der Waals surface area contributed by atoms with E-state index in [1.54, 1.807) is 0 Å². The van der Waals surface area contributed by atoms with Crippen molar-refractivity contribution in [3.8, 4) is 0 Å². The molecule has 0 bridgehead atoms. The van der Waals surface area contributed by atoms with Crippen LogP contribution in [0.1, 0.15) is 39.7 Å². The summed E-state index contributed by atoms with van der Waals surface area (Å²) in [6.45, 7) is 10.7. The standard InChI is InChI=1S/C21H35N5O2/c1-7-22-19(23-14-16-9-8-10-18(13-16)25(5)6)26-12-11-17(15-26)24-20(27)28-21(2,3)4/h8-10,13,17H,7,11-12,14-15H2,1-6H3,(H,22,23)(H,24,27). The van der Waals surface area contributed by atoms with Crippen LogP contribution in [0.2, 0.25) is 0 Å². The normalized spacial score (nSPS) is 17.4. The molecule has 156 valence electrons. The Balaban J connectivity index is 1.97. The van der Waals surface area contributed by atoms with Crippen LogP contribution < -0.4 is 15.5 Å².